The molecule has 1 saturated heterocycles. The van der Waals surface area contributed by atoms with Crippen LogP contribution >= 0.6 is 23.2 Å². The number of rotatable bonds is 8. The summed E-state index contributed by atoms with van der Waals surface area (Å²) in [5, 5.41) is 1.00. The van der Waals surface area contributed by atoms with Crippen LogP contribution in [0.3, 0.4) is 0 Å². The van der Waals surface area contributed by atoms with Gasteiger partial charge in [-0.05, 0) is 30.3 Å². The van der Waals surface area contributed by atoms with E-state index in [2.05, 4.69) is 9.97 Å². The van der Waals surface area contributed by atoms with Gasteiger partial charge in [-0.1, -0.05) is 71.7 Å². The number of hydrogen-bond acceptors (Lipinski definition) is 6. The van der Waals surface area contributed by atoms with E-state index >= 15 is 0 Å². The van der Waals surface area contributed by atoms with Gasteiger partial charge in [0.2, 0.25) is 5.79 Å². The molecule has 2 atom stereocenters. The average molecular weight is 559 g/mol. The fourth-order valence-electron chi connectivity index (χ4n) is 4.60. The number of hydrogen-bond donors (Lipinski definition) is 0. The molecular formula is C30H24Cl2N4O3. The lowest BCUT2D eigenvalue weighted by atomic mass is 10.1. The predicted octanol–water partition coefficient (Wildman–Crippen LogP) is 6.66. The molecule has 0 bridgehead atoms. The molecule has 1 aliphatic heterocycles. The van der Waals surface area contributed by atoms with Gasteiger partial charge in [-0.25, -0.2) is 15.0 Å². The third kappa shape index (κ3) is 5.53. The second kappa shape index (κ2) is 11.2. The molecular weight excluding hydrogens is 535 g/mol. The molecule has 6 rings (SSSR count). The van der Waals surface area contributed by atoms with Gasteiger partial charge in [-0.3, -0.25) is 0 Å². The van der Waals surface area contributed by atoms with Gasteiger partial charge in [0.25, 0.3) is 0 Å². The number of benzene rings is 3. The summed E-state index contributed by atoms with van der Waals surface area (Å²) in [6.07, 6.45) is 6.68. The Hall–Kier alpha value is -3.75. The van der Waals surface area contributed by atoms with Crippen molar-refractivity contribution in [1.82, 2.24) is 19.5 Å². The Kier molecular flexibility index (Phi) is 7.30. The molecule has 0 aliphatic carbocycles. The molecule has 9 heteroatoms. The van der Waals surface area contributed by atoms with Crippen molar-refractivity contribution in [3.8, 4) is 28.4 Å². The first-order chi connectivity index (χ1) is 19.1. The van der Waals surface area contributed by atoms with Crippen LogP contribution in [0.4, 0.5) is 0 Å². The Labute approximate surface area is 236 Å². The lowest BCUT2D eigenvalue weighted by Gasteiger charge is -2.30. The molecule has 39 heavy (non-hydrogen) atoms. The summed E-state index contributed by atoms with van der Waals surface area (Å²) < 4.78 is 21.0. The van der Waals surface area contributed by atoms with E-state index < -0.39 is 5.79 Å². The van der Waals surface area contributed by atoms with Crippen LogP contribution in [-0.4, -0.2) is 38.8 Å². The maximum absolute atomic E-state index is 6.59. The predicted molar refractivity (Wildman–Crippen MR) is 150 cm³/mol. The molecule has 5 aromatic rings. The van der Waals surface area contributed by atoms with Crippen molar-refractivity contribution < 1.29 is 14.2 Å². The van der Waals surface area contributed by atoms with Crippen molar-refractivity contribution in [2.75, 3.05) is 13.2 Å². The molecule has 0 N–H and O–H groups in total. The zero-order valence-corrected chi connectivity index (χ0v) is 22.3. The highest BCUT2D eigenvalue weighted by Crippen LogP contribution is 2.41. The largest absolute Gasteiger partial charge is 0.490 e. The number of aromatic nitrogens is 4. The molecule has 3 aromatic carbocycles. The smallest absolute Gasteiger partial charge is 0.215 e. The minimum atomic E-state index is -1.12. The number of ether oxygens (including phenoxy) is 3. The number of para-hydroxylation sites is 1. The van der Waals surface area contributed by atoms with Crippen LogP contribution in [0.25, 0.3) is 22.6 Å². The van der Waals surface area contributed by atoms with Crippen molar-refractivity contribution in [3.63, 3.8) is 0 Å². The highest BCUT2D eigenvalue weighted by Gasteiger charge is 2.45. The zero-order chi connectivity index (χ0) is 26.7. The van der Waals surface area contributed by atoms with Crippen LogP contribution in [0.5, 0.6) is 5.75 Å². The van der Waals surface area contributed by atoms with Crippen molar-refractivity contribution in [2.45, 2.75) is 18.4 Å². The van der Waals surface area contributed by atoms with Crippen LogP contribution in [0, 0.1) is 0 Å². The Bertz CT molecular complexity index is 1570. The fourth-order valence-corrected chi connectivity index (χ4v) is 5.15. The number of imidazole rings is 1. The SMILES string of the molecule is Clc1ccc([C@]2(Cn3ccnc3)OC[C@@H](COc3ccccc3-c3ccnc(-c4ccccc4)n3)O2)c(Cl)c1. The first-order valence-electron chi connectivity index (χ1n) is 12.4. The Morgan fingerprint density at radius 2 is 1.82 bits per heavy atom. The van der Waals surface area contributed by atoms with Gasteiger partial charge in [0.15, 0.2) is 5.82 Å². The topological polar surface area (TPSA) is 71.3 Å². The van der Waals surface area contributed by atoms with Crippen molar-refractivity contribution in [1.29, 1.82) is 0 Å². The minimum absolute atomic E-state index is 0.268. The van der Waals surface area contributed by atoms with Crippen LogP contribution in [0.15, 0.2) is 104 Å². The summed E-state index contributed by atoms with van der Waals surface area (Å²) in [4.78, 5) is 13.4. The van der Waals surface area contributed by atoms with Crippen LogP contribution in [0.2, 0.25) is 10.0 Å². The van der Waals surface area contributed by atoms with E-state index in [1.54, 1.807) is 30.9 Å². The minimum Gasteiger partial charge on any atom is -0.490 e. The Balaban J connectivity index is 1.23. The van der Waals surface area contributed by atoms with Crippen molar-refractivity contribution in [2.24, 2.45) is 0 Å². The Morgan fingerprint density at radius 3 is 2.64 bits per heavy atom. The van der Waals surface area contributed by atoms with E-state index in [-0.39, 0.29) is 12.7 Å². The number of nitrogens with zero attached hydrogens (tertiary/aromatic N) is 4. The molecule has 0 spiro atoms. The summed E-state index contributed by atoms with van der Waals surface area (Å²) in [7, 11) is 0. The van der Waals surface area contributed by atoms with E-state index in [1.165, 1.54) is 0 Å². The number of halogens is 2. The first-order valence-corrected chi connectivity index (χ1v) is 13.2. The molecule has 0 radical (unpaired) electrons. The van der Waals surface area contributed by atoms with Crippen molar-refractivity contribution in [3.05, 3.63) is 119 Å². The molecule has 0 unspecified atom stereocenters. The summed E-state index contributed by atoms with van der Waals surface area (Å²) in [5.41, 5.74) is 3.27. The highest BCUT2D eigenvalue weighted by molar-refractivity contribution is 6.35. The van der Waals surface area contributed by atoms with E-state index in [1.807, 2.05) is 77.5 Å². The standard InChI is InChI=1S/C30H24Cl2N4O3/c31-22-10-11-25(26(32)16-22)30(19-36-15-14-33-20-36)38-18-23(39-30)17-37-28-9-5-4-8-24(28)27-12-13-34-29(35-27)21-6-2-1-3-7-21/h1-16,20,23H,17-19H2/t23-,30-/m1/s1. The maximum atomic E-state index is 6.59. The average Bonchev–Trinajstić information content (AvgIpc) is 3.63. The second-order valence-electron chi connectivity index (χ2n) is 9.10. The molecule has 3 heterocycles. The van der Waals surface area contributed by atoms with Gasteiger partial charge in [0, 0.05) is 40.3 Å². The third-order valence-corrected chi connectivity index (χ3v) is 6.97. The zero-order valence-electron chi connectivity index (χ0n) is 20.8. The van der Waals surface area contributed by atoms with E-state index in [9.17, 15) is 0 Å². The van der Waals surface area contributed by atoms with Gasteiger partial charge >= 0.3 is 0 Å². The molecule has 0 amide bonds. The maximum Gasteiger partial charge on any atom is 0.215 e. The van der Waals surface area contributed by atoms with Crippen LogP contribution < -0.4 is 4.74 Å². The van der Waals surface area contributed by atoms with Gasteiger partial charge < -0.3 is 18.8 Å². The lowest BCUT2D eigenvalue weighted by molar-refractivity contribution is -0.189. The second-order valence-corrected chi connectivity index (χ2v) is 9.95. The van der Waals surface area contributed by atoms with Crippen LogP contribution in [-0.2, 0) is 21.8 Å². The van der Waals surface area contributed by atoms with Gasteiger partial charge in [0.1, 0.15) is 18.5 Å². The van der Waals surface area contributed by atoms with Gasteiger partial charge in [0.05, 0.1) is 30.2 Å². The summed E-state index contributed by atoms with van der Waals surface area (Å²) >= 11 is 12.8. The van der Waals surface area contributed by atoms with E-state index in [0.717, 1.165) is 16.8 Å². The highest BCUT2D eigenvalue weighted by atomic mass is 35.5. The van der Waals surface area contributed by atoms with Gasteiger partial charge in [-0.15, -0.1) is 0 Å². The molecule has 7 nitrogen and oxygen atoms in total. The van der Waals surface area contributed by atoms with E-state index in [4.69, 9.17) is 42.4 Å². The molecule has 0 saturated carbocycles. The summed E-state index contributed by atoms with van der Waals surface area (Å²) in [6.45, 7) is 0.955. The molecule has 1 aliphatic rings. The monoisotopic (exact) mass is 558 g/mol. The third-order valence-electron chi connectivity index (χ3n) is 6.43. The van der Waals surface area contributed by atoms with Gasteiger partial charge in [-0.2, -0.15) is 0 Å². The summed E-state index contributed by atoms with van der Waals surface area (Å²) in [6, 6.07) is 24.8. The molecule has 1 fully saturated rings. The first kappa shape index (κ1) is 25.5. The lowest BCUT2D eigenvalue weighted by Crippen LogP contribution is -2.34. The van der Waals surface area contributed by atoms with Crippen molar-refractivity contribution >= 4 is 23.2 Å². The normalized spacial score (nSPS) is 18.8. The van der Waals surface area contributed by atoms with Crippen LogP contribution in [0.1, 0.15) is 5.56 Å². The van der Waals surface area contributed by atoms with E-state index in [0.29, 0.717) is 40.3 Å². The fraction of sp³-hybridized carbons (Fsp3) is 0.167. The molecule has 196 valence electrons. The quantitative estimate of drug-likeness (QED) is 0.212. The molecule has 2 aromatic heterocycles. The summed E-state index contributed by atoms with van der Waals surface area (Å²) in [5.74, 6) is 0.225. The Morgan fingerprint density at radius 1 is 0.974 bits per heavy atom.